The molecule has 3 unspecified atom stereocenters. The molecule has 2 saturated carbocycles. The molecular formula is C25H33N2Na2O6PS. The van der Waals surface area contributed by atoms with Crippen molar-refractivity contribution in [2.75, 3.05) is 5.32 Å². The Morgan fingerprint density at radius 2 is 2.05 bits per heavy atom. The summed E-state index contributed by atoms with van der Waals surface area (Å²) in [6.45, 7) is 4.08. The van der Waals surface area contributed by atoms with Crippen LogP contribution >= 0.6 is 19.2 Å². The number of phosphoric ester groups is 1. The molecule has 5 atom stereocenters. The number of rotatable bonds is 6. The number of amides is 1. The molecule has 1 aromatic carbocycles. The first-order valence-corrected chi connectivity index (χ1v) is 14.5. The van der Waals surface area contributed by atoms with Crippen LogP contribution in [0.5, 0.6) is 5.75 Å². The number of carbonyl (C=O) groups is 2. The third kappa shape index (κ3) is 6.64. The van der Waals surface area contributed by atoms with Crippen molar-refractivity contribution in [2.45, 2.75) is 64.7 Å². The number of thiazole rings is 1. The number of Topliss-reactive ketones (excluding diaryl/α,β-unsaturated/α-hetero) is 1. The summed E-state index contributed by atoms with van der Waals surface area (Å²) < 4.78 is 16.0. The van der Waals surface area contributed by atoms with Crippen molar-refractivity contribution < 1.29 is 28.5 Å². The number of aromatic nitrogens is 1. The number of nitrogens with zero attached hydrogens (tertiary/aromatic N) is 1. The van der Waals surface area contributed by atoms with E-state index in [1.54, 1.807) is 18.3 Å². The summed E-state index contributed by atoms with van der Waals surface area (Å²) in [5.74, 6) is 1.55. The van der Waals surface area contributed by atoms with E-state index in [1.165, 1.54) is 16.9 Å². The van der Waals surface area contributed by atoms with Crippen LogP contribution in [0, 0.1) is 30.1 Å². The minimum absolute atomic E-state index is 0. The Bertz CT molecular complexity index is 1220. The summed E-state index contributed by atoms with van der Waals surface area (Å²) in [6.07, 6.45) is 6.80. The Balaban J connectivity index is 0.00000190. The normalized spacial score (nSPS) is 28.2. The third-order valence-electron chi connectivity index (χ3n) is 8.38. The van der Waals surface area contributed by atoms with Crippen LogP contribution < -0.4 is 9.84 Å². The molecule has 3 aliphatic carbocycles. The first-order chi connectivity index (χ1) is 16.5. The molecule has 0 saturated heterocycles. The summed E-state index contributed by atoms with van der Waals surface area (Å²) in [4.78, 5) is 49.3. The first-order valence-electron chi connectivity index (χ1n) is 12.2. The van der Waals surface area contributed by atoms with Crippen molar-refractivity contribution in [3.63, 3.8) is 0 Å². The van der Waals surface area contributed by atoms with Gasteiger partial charge < -0.3 is 9.84 Å². The van der Waals surface area contributed by atoms with Gasteiger partial charge in [0.2, 0.25) is 5.91 Å². The van der Waals surface area contributed by atoms with Crippen molar-refractivity contribution in [3.05, 3.63) is 40.4 Å². The van der Waals surface area contributed by atoms with Crippen LogP contribution in [0.1, 0.15) is 67.4 Å². The predicted octanol–water partition coefficient (Wildman–Crippen LogP) is 3.70. The summed E-state index contributed by atoms with van der Waals surface area (Å²) in [5.41, 5.74) is 1.94. The van der Waals surface area contributed by atoms with E-state index >= 15 is 0 Å². The van der Waals surface area contributed by atoms with E-state index in [4.69, 9.17) is 14.3 Å². The zero-order chi connectivity index (χ0) is 25.0. The number of phosphoric acid groups is 1. The van der Waals surface area contributed by atoms with Crippen molar-refractivity contribution in [2.24, 2.45) is 23.2 Å². The SMILES string of the molecule is Cc1cnc(NC(=O)CC[C@@H]2CC(=O)[C@@]3(C)CCC4c5ccc(OP(=O)(O)O)cc5CCC4C23)s1.[NaH].[NaH]. The van der Waals surface area contributed by atoms with Crippen LogP contribution in [-0.4, -0.2) is 85.6 Å². The van der Waals surface area contributed by atoms with E-state index in [0.29, 0.717) is 42.0 Å². The molecule has 2 aromatic rings. The average molecular weight is 567 g/mol. The van der Waals surface area contributed by atoms with Gasteiger partial charge in [-0.05, 0) is 86.0 Å². The molecule has 12 heteroatoms. The Morgan fingerprint density at radius 3 is 2.73 bits per heavy atom. The average Bonchev–Trinajstić information content (AvgIpc) is 3.30. The zero-order valence-corrected chi connectivity index (χ0v) is 21.6. The molecule has 1 amide bonds. The fourth-order valence-corrected chi connectivity index (χ4v) is 8.06. The molecule has 1 aromatic heterocycles. The van der Waals surface area contributed by atoms with Crippen LogP contribution in [0.15, 0.2) is 24.4 Å². The molecule has 2 fully saturated rings. The summed E-state index contributed by atoms with van der Waals surface area (Å²) in [5, 5.41) is 3.50. The number of ketones is 1. The Morgan fingerprint density at radius 1 is 1.30 bits per heavy atom. The van der Waals surface area contributed by atoms with E-state index in [-0.39, 0.29) is 88.0 Å². The van der Waals surface area contributed by atoms with Gasteiger partial charge in [0.05, 0.1) is 0 Å². The van der Waals surface area contributed by atoms with Crippen LogP contribution in [0.3, 0.4) is 0 Å². The van der Waals surface area contributed by atoms with Gasteiger partial charge in [0.15, 0.2) is 5.13 Å². The summed E-state index contributed by atoms with van der Waals surface area (Å²) >= 11 is 1.45. The van der Waals surface area contributed by atoms with Gasteiger partial charge in [0, 0.05) is 29.3 Å². The molecule has 37 heavy (non-hydrogen) atoms. The van der Waals surface area contributed by atoms with Gasteiger partial charge >= 0.3 is 66.9 Å². The van der Waals surface area contributed by atoms with Crippen LogP contribution in [-0.2, 0) is 20.6 Å². The minimum atomic E-state index is -4.60. The van der Waals surface area contributed by atoms with Crippen LogP contribution in [0.2, 0.25) is 0 Å². The molecule has 192 valence electrons. The van der Waals surface area contributed by atoms with Gasteiger partial charge in [-0.15, -0.1) is 11.3 Å². The number of hydrogen-bond acceptors (Lipinski definition) is 6. The molecule has 3 aliphatic rings. The molecule has 0 spiro atoms. The van der Waals surface area contributed by atoms with Gasteiger partial charge in [0.1, 0.15) is 11.5 Å². The molecule has 8 nitrogen and oxygen atoms in total. The number of nitrogens with one attached hydrogen (secondary N) is 1. The van der Waals surface area contributed by atoms with Crippen molar-refractivity contribution in [1.82, 2.24) is 4.98 Å². The molecule has 3 N–H and O–H groups in total. The molecule has 5 rings (SSSR count). The van der Waals surface area contributed by atoms with Gasteiger partial charge in [-0.1, -0.05) is 13.0 Å². The fraction of sp³-hybridized carbons (Fsp3) is 0.560. The number of benzene rings is 1. The van der Waals surface area contributed by atoms with Gasteiger partial charge in [-0.2, -0.15) is 0 Å². The number of aryl methyl sites for hydroxylation is 2. The van der Waals surface area contributed by atoms with Crippen molar-refractivity contribution in [1.29, 1.82) is 0 Å². The van der Waals surface area contributed by atoms with Crippen LogP contribution in [0.4, 0.5) is 5.13 Å². The first kappa shape index (κ1) is 31.5. The molecule has 1 heterocycles. The maximum absolute atomic E-state index is 13.2. The Labute approximate surface area is 265 Å². The topological polar surface area (TPSA) is 126 Å². The second-order valence-corrected chi connectivity index (χ2v) is 12.9. The number of anilines is 1. The van der Waals surface area contributed by atoms with E-state index in [2.05, 4.69) is 17.2 Å². The van der Waals surface area contributed by atoms with Crippen molar-refractivity contribution >= 4 is 95.1 Å². The number of hydrogen-bond donors (Lipinski definition) is 3. The molecule has 0 aliphatic heterocycles. The summed E-state index contributed by atoms with van der Waals surface area (Å²) in [7, 11) is -4.60. The standard InChI is InChI=1S/C25H31N2O6PS.2Na.2H/c1-14-13-26-24(35-14)27-22(29)8-4-16-12-21(28)25(2)10-9-19-18-7-5-17(33-34(30,31)32)11-15(18)3-6-20(19)23(16)25;;;;/h5,7,11,13,16,19-20,23H,3-4,6,8-10,12H2,1-2H3,(H,26,27,29)(H2,30,31,32);;;;/t16-,19?,20?,23?,25-;;;;/m1..../s1. The predicted molar refractivity (Wildman–Crippen MR) is 147 cm³/mol. The van der Waals surface area contributed by atoms with Crippen LogP contribution in [0.25, 0.3) is 0 Å². The second kappa shape index (κ2) is 12.2. The molecule has 0 bridgehead atoms. The maximum atomic E-state index is 13.2. The van der Waals surface area contributed by atoms with E-state index < -0.39 is 7.82 Å². The van der Waals surface area contributed by atoms with E-state index in [9.17, 15) is 14.2 Å². The van der Waals surface area contributed by atoms with Gasteiger partial charge in [-0.25, -0.2) is 9.55 Å². The zero-order valence-electron chi connectivity index (χ0n) is 19.9. The second-order valence-electron chi connectivity index (χ2n) is 10.5. The summed E-state index contributed by atoms with van der Waals surface area (Å²) in [6, 6.07) is 5.32. The number of carbonyl (C=O) groups excluding carboxylic acids is 2. The third-order valence-corrected chi connectivity index (χ3v) is 9.65. The van der Waals surface area contributed by atoms with Gasteiger partial charge in [-0.3, -0.25) is 19.4 Å². The van der Waals surface area contributed by atoms with Gasteiger partial charge in [0.25, 0.3) is 0 Å². The number of fused-ring (bicyclic) bond motifs is 5. The quantitative estimate of drug-likeness (QED) is 0.360. The fourth-order valence-electron chi connectivity index (χ4n) is 6.99. The Kier molecular flexibility index (Phi) is 10.4. The van der Waals surface area contributed by atoms with E-state index in [1.807, 2.05) is 13.0 Å². The Hall–Kier alpha value is -0.0600. The molecule has 0 radical (unpaired) electrons. The monoisotopic (exact) mass is 566 g/mol. The van der Waals surface area contributed by atoms with Crippen molar-refractivity contribution in [3.8, 4) is 5.75 Å². The molecular weight excluding hydrogens is 533 g/mol. The van der Waals surface area contributed by atoms with E-state index in [0.717, 1.165) is 36.1 Å².